The van der Waals surface area contributed by atoms with Crippen LogP contribution >= 0.6 is 0 Å². The van der Waals surface area contributed by atoms with Gasteiger partial charge >= 0.3 is 0 Å². The van der Waals surface area contributed by atoms with Crippen LogP contribution in [0.25, 0.3) is 5.76 Å². The van der Waals surface area contributed by atoms with Crippen LogP contribution in [-0.2, 0) is 38.4 Å². The zero-order chi connectivity index (χ0) is 31.7. The van der Waals surface area contributed by atoms with E-state index in [-0.39, 0.29) is 73.9 Å². The molecule has 4 aliphatic rings. The molecule has 4 N–H and O–H groups in total. The molecule has 230 valence electrons. The van der Waals surface area contributed by atoms with E-state index in [1.54, 1.807) is 18.2 Å². The van der Waals surface area contributed by atoms with E-state index in [0.29, 0.717) is 22.6 Å². The van der Waals surface area contributed by atoms with Gasteiger partial charge in [0.15, 0.2) is 28.7 Å². The molecule has 0 radical (unpaired) electrons. The lowest BCUT2D eigenvalue weighted by Gasteiger charge is -2.46. The number of ketones is 4. The van der Waals surface area contributed by atoms with Gasteiger partial charge in [-0.2, -0.15) is 0 Å². The molecule has 0 saturated heterocycles. The summed E-state index contributed by atoms with van der Waals surface area (Å²) < 4.78 is 10.7. The first-order chi connectivity index (χ1) is 20.8. The van der Waals surface area contributed by atoms with Gasteiger partial charge in [-0.05, 0) is 72.4 Å². The lowest BCUT2D eigenvalue weighted by atomic mass is 9.58. The highest BCUT2D eigenvalue weighted by molar-refractivity contribution is 6.23. The highest BCUT2D eigenvalue weighted by Crippen LogP contribution is 2.53. The van der Waals surface area contributed by atoms with E-state index in [9.17, 15) is 39.6 Å². The number of carbonyl (C=O) groups excluding carboxylic acids is 4. The molecule has 0 spiro atoms. The number of benzene rings is 2. The van der Waals surface area contributed by atoms with E-state index in [2.05, 4.69) is 0 Å². The number of aliphatic hydroxyl groups excluding tert-OH is 2. The zero-order valence-electron chi connectivity index (χ0n) is 24.7. The molecule has 1 fully saturated rings. The smallest absolute Gasteiger partial charge is 0.231 e. The number of fused-ring (bicyclic) bond motifs is 4. The van der Waals surface area contributed by atoms with E-state index in [1.165, 1.54) is 0 Å². The summed E-state index contributed by atoms with van der Waals surface area (Å²) >= 11 is 0. The predicted molar refractivity (Wildman–Crippen MR) is 157 cm³/mol. The Morgan fingerprint density at radius 1 is 1.05 bits per heavy atom. The first-order valence-corrected chi connectivity index (χ1v) is 14.8. The minimum Gasteiger partial charge on any atom is -0.508 e. The van der Waals surface area contributed by atoms with Gasteiger partial charge in [-0.3, -0.25) is 19.2 Å². The minimum atomic E-state index is -2.54. The van der Waals surface area contributed by atoms with Gasteiger partial charge in [-0.15, -0.1) is 0 Å². The molecule has 1 saturated carbocycles. The van der Waals surface area contributed by atoms with Crippen molar-refractivity contribution in [2.24, 2.45) is 11.8 Å². The fourth-order valence-electron chi connectivity index (χ4n) is 7.23. The second-order valence-corrected chi connectivity index (χ2v) is 12.5. The molecule has 1 heterocycles. The Hall–Kier alpha value is -4.44. The first kappa shape index (κ1) is 29.6. The quantitative estimate of drug-likeness (QED) is 0.338. The number of phenols is 1. The van der Waals surface area contributed by atoms with Crippen LogP contribution < -0.4 is 9.47 Å². The molecule has 0 unspecified atom stereocenters. The zero-order valence-corrected chi connectivity index (χ0v) is 24.7. The number of hydrogen-bond donors (Lipinski definition) is 4. The third-order valence-corrected chi connectivity index (χ3v) is 9.42. The molecule has 10 nitrogen and oxygen atoms in total. The van der Waals surface area contributed by atoms with Crippen LogP contribution in [0.2, 0.25) is 0 Å². The summed E-state index contributed by atoms with van der Waals surface area (Å²) in [6.45, 7) is 5.14. The number of hydrogen-bond acceptors (Lipinski definition) is 10. The maximum Gasteiger partial charge on any atom is 0.231 e. The second-order valence-electron chi connectivity index (χ2n) is 12.5. The third kappa shape index (κ3) is 4.51. The minimum absolute atomic E-state index is 0.0284. The van der Waals surface area contributed by atoms with Gasteiger partial charge in [0.05, 0.1) is 5.56 Å². The van der Waals surface area contributed by atoms with Crippen LogP contribution in [0.1, 0.15) is 73.8 Å². The molecule has 6 rings (SSSR count). The van der Waals surface area contributed by atoms with E-state index < -0.39 is 51.9 Å². The van der Waals surface area contributed by atoms with E-state index >= 15 is 0 Å². The van der Waals surface area contributed by atoms with Crippen LogP contribution in [0.3, 0.4) is 0 Å². The fourth-order valence-corrected chi connectivity index (χ4v) is 7.23. The number of aryl methyl sites for hydroxylation is 1. The van der Waals surface area contributed by atoms with Crippen molar-refractivity contribution in [2.45, 2.75) is 70.8 Å². The summed E-state index contributed by atoms with van der Waals surface area (Å²) in [7, 11) is 0. The summed E-state index contributed by atoms with van der Waals surface area (Å²) in [5.41, 5.74) is -0.529. The van der Waals surface area contributed by atoms with Crippen molar-refractivity contribution in [1.82, 2.24) is 0 Å². The van der Waals surface area contributed by atoms with Crippen molar-refractivity contribution in [1.29, 1.82) is 0 Å². The van der Waals surface area contributed by atoms with E-state index in [4.69, 9.17) is 9.47 Å². The van der Waals surface area contributed by atoms with Crippen LogP contribution in [0.4, 0.5) is 0 Å². The molecular formula is C34H34O10. The highest BCUT2D eigenvalue weighted by Gasteiger charge is 2.60. The number of phenolic OH excluding ortho intramolecular Hbond substituents is 1. The number of allylic oxidation sites excluding steroid dienone is 1. The molecule has 44 heavy (non-hydrogen) atoms. The summed E-state index contributed by atoms with van der Waals surface area (Å²) in [5.74, 6) is -4.57. The molecule has 0 bridgehead atoms. The van der Waals surface area contributed by atoms with Crippen LogP contribution in [0.15, 0.2) is 41.2 Å². The fraction of sp³-hybridized carbons (Fsp3) is 0.412. The molecule has 3 aliphatic carbocycles. The van der Waals surface area contributed by atoms with Gasteiger partial charge in [0, 0.05) is 30.8 Å². The Kier molecular flexibility index (Phi) is 7.15. The van der Waals surface area contributed by atoms with Crippen molar-refractivity contribution in [3.63, 3.8) is 0 Å². The summed E-state index contributed by atoms with van der Waals surface area (Å²) in [6, 6.07) is 7.16. The molecule has 1 aliphatic heterocycles. The Bertz CT molecular complexity index is 1710. The van der Waals surface area contributed by atoms with Crippen molar-refractivity contribution in [3.8, 4) is 17.2 Å². The van der Waals surface area contributed by atoms with E-state index in [0.717, 1.165) is 18.1 Å². The lowest BCUT2D eigenvalue weighted by Crippen LogP contribution is -2.57. The number of ether oxygens (including phenoxy) is 2. The standard InChI is InChI=1S/C34H34O10/c1-15(2)22-11-18(5-6-21(36)8-17-4-7-25-26(9-17)44-14-43-25)30(38)29-23(22)12-19-10-20-13-24(37)27(16(3)35)32(40)34(20,42)33(41)28(19)31(29)39/h4,7,9,11,15,19-20,38-40,42H,5-6,8,10,12-14H2,1-3H3/t19-,20+,34-/m1/s1. The summed E-state index contributed by atoms with van der Waals surface area (Å²) in [6.07, 6.45) is 0.527. The van der Waals surface area contributed by atoms with Gasteiger partial charge < -0.3 is 29.9 Å². The van der Waals surface area contributed by atoms with Gasteiger partial charge in [0.25, 0.3) is 0 Å². The Balaban J connectivity index is 1.34. The monoisotopic (exact) mass is 602 g/mol. The van der Waals surface area contributed by atoms with Crippen molar-refractivity contribution < 1.29 is 49.1 Å². The van der Waals surface area contributed by atoms with Crippen molar-refractivity contribution in [3.05, 3.63) is 69.0 Å². The number of aromatic hydroxyl groups is 1. The van der Waals surface area contributed by atoms with Crippen LogP contribution in [0.5, 0.6) is 17.2 Å². The van der Waals surface area contributed by atoms with Gasteiger partial charge in [0.1, 0.15) is 28.6 Å². The summed E-state index contributed by atoms with van der Waals surface area (Å²) in [5, 5.41) is 45.4. The molecule has 3 atom stereocenters. The SMILES string of the molecule is CC(=O)C1=C(O)[C@@]2(O)C(=O)C3=C(O)c4c(O)c(CCC(=O)Cc5ccc6c(c5)OCO6)cc(C(C)C)c4C[C@H]3C[C@H]2CC1=O. The van der Waals surface area contributed by atoms with Crippen LogP contribution in [-0.4, -0.2) is 56.0 Å². The first-order valence-electron chi connectivity index (χ1n) is 14.8. The van der Waals surface area contributed by atoms with Gasteiger partial charge in [-0.25, -0.2) is 0 Å². The Morgan fingerprint density at radius 2 is 1.77 bits per heavy atom. The average Bonchev–Trinajstić information content (AvgIpc) is 3.42. The molecule has 0 amide bonds. The van der Waals surface area contributed by atoms with Crippen molar-refractivity contribution in [2.75, 3.05) is 6.79 Å². The maximum absolute atomic E-state index is 13.9. The highest BCUT2D eigenvalue weighted by atomic mass is 16.7. The van der Waals surface area contributed by atoms with E-state index in [1.807, 2.05) is 19.9 Å². The van der Waals surface area contributed by atoms with Crippen molar-refractivity contribution >= 4 is 28.9 Å². The second kappa shape index (κ2) is 10.6. The molecule has 0 aromatic heterocycles. The largest absolute Gasteiger partial charge is 0.508 e. The number of aliphatic hydroxyl groups is 3. The average molecular weight is 603 g/mol. The Morgan fingerprint density at radius 3 is 2.48 bits per heavy atom. The number of rotatable bonds is 7. The third-order valence-electron chi connectivity index (χ3n) is 9.42. The van der Waals surface area contributed by atoms with Crippen LogP contribution in [0, 0.1) is 11.8 Å². The summed E-state index contributed by atoms with van der Waals surface area (Å²) in [4.78, 5) is 51.6. The lowest BCUT2D eigenvalue weighted by molar-refractivity contribution is -0.147. The maximum atomic E-state index is 13.9. The number of Topliss-reactive ketones (excluding diaryl/α,β-unsaturated/α-hetero) is 4. The predicted octanol–water partition coefficient (Wildman–Crippen LogP) is 4.12. The van der Waals surface area contributed by atoms with Gasteiger partial charge in [-0.1, -0.05) is 26.0 Å². The molecule has 2 aromatic rings. The number of carbonyl (C=O) groups is 4. The Labute approximate surface area is 253 Å². The molecular weight excluding hydrogens is 568 g/mol. The topological polar surface area (TPSA) is 168 Å². The van der Waals surface area contributed by atoms with Gasteiger partial charge in [0.2, 0.25) is 12.6 Å². The molecule has 2 aromatic carbocycles. The normalized spacial score (nSPS) is 23.9. The molecule has 10 heteroatoms.